The molecule has 1 fully saturated rings. The van der Waals surface area contributed by atoms with Crippen molar-refractivity contribution in [3.05, 3.63) is 23.8 Å². The Morgan fingerprint density at radius 2 is 2.00 bits per heavy atom. The van der Waals surface area contributed by atoms with Gasteiger partial charge in [0.25, 0.3) is 0 Å². The highest BCUT2D eigenvalue weighted by Crippen LogP contribution is 2.33. The van der Waals surface area contributed by atoms with E-state index in [2.05, 4.69) is 30.4 Å². The predicted molar refractivity (Wildman–Crippen MR) is 76.0 cm³/mol. The van der Waals surface area contributed by atoms with E-state index in [0.29, 0.717) is 5.54 Å². The Morgan fingerprint density at radius 3 is 2.74 bits per heavy atom. The smallest absolute Gasteiger partial charge is 0.161 e. The van der Waals surface area contributed by atoms with Crippen LogP contribution in [0.2, 0.25) is 0 Å². The quantitative estimate of drug-likeness (QED) is 0.907. The van der Waals surface area contributed by atoms with Crippen LogP contribution in [0.5, 0.6) is 11.5 Å². The molecule has 1 aromatic rings. The van der Waals surface area contributed by atoms with Crippen LogP contribution in [-0.4, -0.2) is 25.3 Å². The Balaban J connectivity index is 1.79. The van der Waals surface area contributed by atoms with Crippen molar-refractivity contribution in [1.82, 2.24) is 5.32 Å². The lowest BCUT2D eigenvalue weighted by atomic mass is 9.87. The standard InChI is InChI=1S/C16H23NO2/c1-2-16(7-3-8-17-16)12-13-5-6-14-15(11-13)19-10-4-9-18-14/h5-6,11,17H,2-4,7-10,12H2,1H3. The Kier molecular flexibility index (Phi) is 3.65. The number of benzene rings is 1. The fourth-order valence-corrected chi connectivity index (χ4v) is 3.15. The molecule has 19 heavy (non-hydrogen) atoms. The molecule has 1 unspecified atom stereocenters. The molecule has 0 aliphatic carbocycles. The lowest BCUT2D eigenvalue weighted by Crippen LogP contribution is -2.41. The summed E-state index contributed by atoms with van der Waals surface area (Å²) in [5.41, 5.74) is 1.64. The zero-order chi connectivity index (χ0) is 13.1. The maximum atomic E-state index is 5.77. The van der Waals surface area contributed by atoms with Crippen LogP contribution in [-0.2, 0) is 6.42 Å². The minimum atomic E-state index is 0.291. The molecule has 3 heteroatoms. The summed E-state index contributed by atoms with van der Waals surface area (Å²) < 4.78 is 11.5. The molecule has 1 saturated heterocycles. The molecule has 3 nitrogen and oxygen atoms in total. The van der Waals surface area contributed by atoms with Gasteiger partial charge in [-0.15, -0.1) is 0 Å². The van der Waals surface area contributed by atoms with E-state index in [1.54, 1.807) is 0 Å². The number of hydrogen-bond acceptors (Lipinski definition) is 3. The monoisotopic (exact) mass is 261 g/mol. The van der Waals surface area contributed by atoms with Gasteiger partial charge in [0.05, 0.1) is 13.2 Å². The summed E-state index contributed by atoms with van der Waals surface area (Å²) >= 11 is 0. The molecular formula is C16H23NO2. The summed E-state index contributed by atoms with van der Waals surface area (Å²) in [6.07, 6.45) is 5.79. The van der Waals surface area contributed by atoms with Gasteiger partial charge in [0.1, 0.15) is 0 Å². The van der Waals surface area contributed by atoms with Crippen molar-refractivity contribution >= 4 is 0 Å². The number of hydrogen-bond donors (Lipinski definition) is 1. The molecule has 2 aliphatic heterocycles. The van der Waals surface area contributed by atoms with Crippen LogP contribution in [0.25, 0.3) is 0 Å². The largest absolute Gasteiger partial charge is 0.490 e. The molecular weight excluding hydrogens is 238 g/mol. The average Bonchev–Trinajstić information content (AvgIpc) is 2.77. The zero-order valence-corrected chi connectivity index (χ0v) is 11.7. The van der Waals surface area contributed by atoms with Crippen LogP contribution in [0, 0.1) is 0 Å². The fraction of sp³-hybridized carbons (Fsp3) is 0.625. The van der Waals surface area contributed by atoms with E-state index >= 15 is 0 Å². The molecule has 0 radical (unpaired) electrons. The van der Waals surface area contributed by atoms with Gasteiger partial charge >= 0.3 is 0 Å². The molecule has 1 aromatic carbocycles. The molecule has 2 heterocycles. The minimum Gasteiger partial charge on any atom is -0.490 e. The van der Waals surface area contributed by atoms with Crippen molar-refractivity contribution in [1.29, 1.82) is 0 Å². The molecule has 0 amide bonds. The normalized spacial score (nSPS) is 26.2. The number of ether oxygens (including phenoxy) is 2. The van der Waals surface area contributed by atoms with Gasteiger partial charge in [-0.2, -0.15) is 0 Å². The summed E-state index contributed by atoms with van der Waals surface area (Å²) in [4.78, 5) is 0. The summed E-state index contributed by atoms with van der Waals surface area (Å²) in [6.45, 7) is 4.94. The Bertz CT molecular complexity index is 438. The molecule has 0 bridgehead atoms. The lowest BCUT2D eigenvalue weighted by Gasteiger charge is -2.28. The zero-order valence-electron chi connectivity index (χ0n) is 11.7. The van der Waals surface area contributed by atoms with E-state index in [1.165, 1.54) is 24.8 Å². The molecule has 104 valence electrons. The highest BCUT2D eigenvalue weighted by Gasteiger charge is 2.31. The van der Waals surface area contributed by atoms with Gasteiger partial charge < -0.3 is 14.8 Å². The summed E-state index contributed by atoms with van der Waals surface area (Å²) in [5.74, 6) is 1.81. The van der Waals surface area contributed by atoms with Crippen molar-refractivity contribution in [3.63, 3.8) is 0 Å². The maximum Gasteiger partial charge on any atom is 0.161 e. The van der Waals surface area contributed by atoms with E-state index in [4.69, 9.17) is 9.47 Å². The van der Waals surface area contributed by atoms with E-state index in [0.717, 1.165) is 44.1 Å². The molecule has 0 spiro atoms. The van der Waals surface area contributed by atoms with Crippen LogP contribution in [0.15, 0.2) is 18.2 Å². The third kappa shape index (κ3) is 2.71. The van der Waals surface area contributed by atoms with Crippen molar-refractivity contribution in [3.8, 4) is 11.5 Å². The van der Waals surface area contributed by atoms with Gasteiger partial charge in [-0.25, -0.2) is 0 Å². The van der Waals surface area contributed by atoms with E-state index in [-0.39, 0.29) is 0 Å². The third-order valence-electron chi connectivity index (χ3n) is 4.36. The first-order valence-electron chi connectivity index (χ1n) is 7.45. The van der Waals surface area contributed by atoms with Crippen molar-refractivity contribution in [2.45, 2.75) is 44.6 Å². The second-order valence-electron chi connectivity index (χ2n) is 5.67. The lowest BCUT2D eigenvalue weighted by molar-refractivity contribution is 0.297. The highest BCUT2D eigenvalue weighted by atomic mass is 16.5. The fourth-order valence-electron chi connectivity index (χ4n) is 3.15. The first kappa shape index (κ1) is 12.8. The topological polar surface area (TPSA) is 30.5 Å². The van der Waals surface area contributed by atoms with Gasteiger partial charge in [-0.1, -0.05) is 13.0 Å². The van der Waals surface area contributed by atoms with Crippen LogP contribution in [0.4, 0.5) is 0 Å². The van der Waals surface area contributed by atoms with E-state index < -0.39 is 0 Å². The van der Waals surface area contributed by atoms with Crippen LogP contribution >= 0.6 is 0 Å². The van der Waals surface area contributed by atoms with Crippen LogP contribution in [0.1, 0.15) is 38.2 Å². The number of nitrogens with one attached hydrogen (secondary N) is 1. The van der Waals surface area contributed by atoms with Gasteiger partial charge in [0, 0.05) is 12.0 Å². The van der Waals surface area contributed by atoms with Gasteiger partial charge in [0.15, 0.2) is 11.5 Å². The van der Waals surface area contributed by atoms with Gasteiger partial charge in [-0.05, 0) is 49.9 Å². The molecule has 1 N–H and O–H groups in total. The second kappa shape index (κ2) is 5.41. The number of rotatable bonds is 3. The van der Waals surface area contributed by atoms with Crippen LogP contribution in [0.3, 0.4) is 0 Å². The Labute approximate surface area is 115 Å². The van der Waals surface area contributed by atoms with E-state index in [9.17, 15) is 0 Å². The van der Waals surface area contributed by atoms with Gasteiger partial charge in [-0.3, -0.25) is 0 Å². The Hall–Kier alpha value is -1.22. The minimum absolute atomic E-state index is 0.291. The van der Waals surface area contributed by atoms with Crippen molar-refractivity contribution < 1.29 is 9.47 Å². The first-order chi connectivity index (χ1) is 9.31. The first-order valence-corrected chi connectivity index (χ1v) is 7.45. The summed E-state index contributed by atoms with van der Waals surface area (Å²) in [5, 5.41) is 3.69. The SMILES string of the molecule is CCC1(Cc2ccc3c(c2)OCCCO3)CCCN1. The maximum absolute atomic E-state index is 5.77. The summed E-state index contributed by atoms with van der Waals surface area (Å²) in [7, 11) is 0. The number of fused-ring (bicyclic) bond motifs is 1. The van der Waals surface area contributed by atoms with E-state index in [1.807, 2.05) is 0 Å². The summed E-state index contributed by atoms with van der Waals surface area (Å²) in [6, 6.07) is 6.41. The van der Waals surface area contributed by atoms with Crippen molar-refractivity contribution in [2.24, 2.45) is 0 Å². The van der Waals surface area contributed by atoms with Crippen LogP contribution < -0.4 is 14.8 Å². The Morgan fingerprint density at radius 1 is 1.16 bits per heavy atom. The molecule has 2 aliphatic rings. The predicted octanol–water partition coefficient (Wildman–Crippen LogP) is 2.92. The molecule has 0 saturated carbocycles. The van der Waals surface area contributed by atoms with Gasteiger partial charge in [0.2, 0.25) is 0 Å². The molecule has 0 aromatic heterocycles. The molecule has 3 rings (SSSR count). The van der Waals surface area contributed by atoms with Crippen molar-refractivity contribution in [2.75, 3.05) is 19.8 Å². The second-order valence-corrected chi connectivity index (χ2v) is 5.67. The average molecular weight is 261 g/mol. The highest BCUT2D eigenvalue weighted by molar-refractivity contribution is 5.43. The third-order valence-corrected chi connectivity index (χ3v) is 4.36. The molecule has 1 atom stereocenters.